The topological polar surface area (TPSA) is 50.4 Å². The third-order valence-corrected chi connectivity index (χ3v) is 4.23. The second-order valence-electron chi connectivity index (χ2n) is 4.32. The van der Waals surface area contributed by atoms with Gasteiger partial charge in [-0.25, -0.2) is 4.79 Å². The van der Waals surface area contributed by atoms with Gasteiger partial charge in [-0.3, -0.25) is 0 Å². The number of carbonyl (C=O) groups is 1. The van der Waals surface area contributed by atoms with Gasteiger partial charge in [0.15, 0.2) is 0 Å². The molecule has 0 radical (unpaired) electrons. The summed E-state index contributed by atoms with van der Waals surface area (Å²) in [6.07, 6.45) is 0.626. The molecule has 0 unspecified atom stereocenters. The molecule has 1 aromatic rings. The highest BCUT2D eigenvalue weighted by Gasteiger charge is 2.24. The van der Waals surface area contributed by atoms with Gasteiger partial charge in [0.25, 0.3) is 0 Å². The normalized spacial score (nSPS) is 23.4. The lowest BCUT2D eigenvalue weighted by Crippen LogP contribution is -2.50. The number of halogens is 1. The molecule has 5 heteroatoms. The van der Waals surface area contributed by atoms with Crippen molar-refractivity contribution in [3.05, 3.63) is 35.9 Å². The number of ether oxygens (including phenoxy) is 1. The fourth-order valence-corrected chi connectivity index (χ4v) is 2.75. The van der Waals surface area contributed by atoms with Crippen molar-refractivity contribution in [1.82, 2.24) is 10.6 Å². The van der Waals surface area contributed by atoms with Crippen LogP contribution in [0.5, 0.6) is 0 Å². The highest BCUT2D eigenvalue weighted by Crippen LogP contribution is 2.13. The van der Waals surface area contributed by atoms with Gasteiger partial charge in [-0.1, -0.05) is 52.9 Å². The maximum atomic E-state index is 11.7. The van der Waals surface area contributed by atoms with Gasteiger partial charge in [0, 0.05) is 16.5 Å². The second kappa shape index (κ2) is 6.94. The molecule has 18 heavy (non-hydrogen) atoms. The first-order valence-electron chi connectivity index (χ1n) is 6.07. The van der Waals surface area contributed by atoms with Crippen molar-refractivity contribution < 1.29 is 9.53 Å². The average Bonchev–Trinajstić information content (AvgIpc) is 2.40. The molecule has 0 aliphatic carbocycles. The third-order valence-electron chi connectivity index (χ3n) is 2.92. The van der Waals surface area contributed by atoms with E-state index in [0.29, 0.717) is 10.5 Å². The zero-order valence-corrected chi connectivity index (χ0v) is 12.2. The zero-order valence-electron chi connectivity index (χ0n) is 10.1. The lowest BCUT2D eigenvalue weighted by atomic mass is 10.1. The quantitative estimate of drug-likeness (QED) is 0.641. The number of nitrogens with one attached hydrogen (secondary N) is 2. The van der Waals surface area contributed by atoms with Gasteiger partial charge in [0.05, 0.1) is 0 Å². The van der Waals surface area contributed by atoms with E-state index >= 15 is 0 Å². The predicted octanol–water partition coefficient (Wildman–Crippen LogP) is 2.08. The van der Waals surface area contributed by atoms with Crippen LogP contribution in [-0.2, 0) is 11.3 Å². The number of benzene rings is 1. The Morgan fingerprint density at radius 1 is 1.44 bits per heavy atom. The minimum absolute atomic E-state index is 0.204. The first-order chi connectivity index (χ1) is 8.75. The van der Waals surface area contributed by atoms with Gasteiger partial charge in [-0.2, -0.15) is 0 Å². The number of hydrogen-bond donors (Lipinski definition) is 2. The molecule has 1 amide bonds. The summed E-state index contributed by atoms with van der Waals surface area (Å²) in [6.45, 7) is 2.21. The van der Waals surface area contributed by atoms with Crippen molar-refractivity contribution in [2.24, 2.45) is 0 Å². The molecule has 1 fully saturated rings. The zero-order chi connectivity index (χ0) is 12.8. The summed E-state index contributed by atoms with van der Waals surface area (Å²) < 4.78 is 5.62. The molecule has 2 N–H and O–H groups in total. The number of carbonyl (C=O) groups excluding carboxylic acids is 1. The number of amides is 1. The Bertz CT molecular complexity index is 386. The van der Waals surface area contributed by atoms with E-state index in [1.165, 1.54) is 0 Å². The summed E-state index contributed by atoms with van der Waals surface area (Å²) in [5.41, 5.74) is 1.00. The SMILES string of the molecule is O=C(N[C@@H]1CCNC[C@@H]1I)OCc1ccccc1. The summed E-state index contributed by atoms with van der Waals surface area (Å²) in [5.74, 6) is 0. The van der Waals surface area contributed by atoms with Crippen LogP contribution in [0.1, 0.15) is 12.0 Å². The highest BCUT2D eigenvalue weighted by molar-refractivity contribution is 14.1. The fraction of sp³-hybridized carbons (Fsp3) is 0.462. The van der Waals surface area contributed by atoms with Crippen LogP contribution in [0.25, 0.3) is 0 Å². The van der Waals surface area contributed by atoms with Gasteiger partial charge in [-0.05, 0) is 18.5 Å². The van der Waals surface area contributed by atoms with Crippen molar-refractivity contribution in [2.75, 3.05) is 13.1 Å². The molecule has 1 heterocycles. The second-order valence-corrected chi connectivity index (χ2v) is 5.92. The van der Waals surface area contributed by atoms with Crippen LogP contribution < -0.4 is 10.6 Å². The van der Waals surface area contributed by atoms with E-state index in [-0.39, 0.29) is 12.1 Å². The third kappa shape index (κ3) is 4.13. The number of rotatable bonds is 3. The lowest BCUT2D eigenvalue weighted by molar-refractivity contribution is 0.134. The molecule has 4 nitrogen and oxygen atoms in total. The number of hydrogen-bond acceptors (Lipinski definition) is 3. The van der Waals surface area contributed by atoms with Crippen molar-refractivity contribution in [3.8, 4) is 0 Å². The van der Waals surface area contributed by atoms with Crippen molar-refractivity contribution in [2.45, 2.75) is 23.0 Å². The Morgan fingerprint density at radius 2 is 2.22 bits per heavy atom. The Morgan fingerprint density at radius 3 is 2.94 bits per heavy atom. The van der Waals surface area contributed by atoms with E-state index in [9.17, 15) is 4.79 Å². The van der Waals surface area contributed by atoms with E-state index in [4.69, 9.17) is 4.74 Å². The maximum Gasteiger partial charge on any atom is 0.407 e. The Balaban J connectivity index is 1.75. The average molecular weight is 360 g/mol. The van der Waals surface area contributed by atoms with E-state index in [1.807, 2.05) is 30.3 Å². The fourth-order valence-electron chi connectivity index (χ4n) is 1.90. The molecule has 0 aromatic heterocycles. The lowest BCUT2D eigenvalue weighted by Gasteiger charge is -2.28. The molecule has 1 aliphatic rings. The van der Waals surface area contributed by atoms with E-state index < -0.39 is 0 Å². The van der Waals surface area contributed by atoms with Crippen molar-refractivity contribution >= 4 is 28.7 Å². The Labute approximate surface area is 121 Å². The smallest absolute Gasteiger partial charge is 0.407 e. The maximum absolute atomic E-state index is 11.7. The summed E-state index contributed by atoms with van der Waals surface area (Å²) in [7, 11) is 0. The molecule has 1 aromatic carbocycles. The minimum Gasteiger partial charge on any atom is -0.445 e. The summed E-state index contributed by atoms with van der Waals surface area (Å²) in [6, 6.07) is 9.90. The molecule has 2 atom stereocenters. The molecular formula is C13H17IN2O2. The first kappa shape index (κ1) is 13.6. The predicted molar refractivity (Wildman–Crippen MR) is 78.8 cm³/mol. The Kier molecular flexibility index (Phi) is 5.25. The number of alkyl carbamates (subject to hydrolysis) is 1. The number of piperidine rings is 1. The van der Waals surface area contributed by atoms with Crippen LogP contribution in [-0.4, -0.2) is 29.1 Å². The molecule has 0 saturated carbocycles. The van der Waals surface area contributed by atoms with Crippen LogP contribution in [0, 0.1) is 0 Å². The van der Waals surface area contributed by atoms with Crippen molar-refractivity contribution in [3.63, 3.8) is 0 Å². The van der Waals surface area contributed by atoms with Gasteiger partial charge in [0.2, 0.25) is 0 Å². The molecular weight excluding hydrogens is 343 g/mol. The minimum atomic E-state index is -0.326. The highest BCUT2D eigenvalue weighted by atomic mass is 127. The van der Waals surface area contributed by atoms with E-state index in [2.05, 4.69) is 33.2 Å². The van der Waals surface area contributed by atoms with Crippen LogP contribution in [0.2, 0.25) is 0 Å². The van der Waals surface area contributed by atoms with Crippen molar-refractivity contribution in [1.29, 1.82) is 0 Å². The van der Waals surface area contributed by atoms with Gasteiger partial charge in [-0.15, -0.1) is 0 Å². The standard InChI is InChI=1S/C13H17IN2O2/c14-11-8-15-7-6-12(11)16-13(17)18-9-10-4-2-1-3-5-10/h1-5,11-12,15H,6-9H2,(H,16,17)/t11-,12+/m0/s1. The summed E-state index contributed by atoms with van der Waals surface area (Å²) in [5, 5.41) is 6.23. The molecule has 2 rings (SSSR count). The summed E-state index contributed by atoms with van der Waals surface area (Å²) >= 11 is 2.36. The first-order valence-corrected chi connectivity index (χ1v) is 7.32. The van der Waals surface area contributed by atoms with E-state index in [1.54, 1.807) is 0 Å². The molecule has 1 aliphatic heterocycles. The van der Waals surface area contributed by atoms with Gasteiger partial charge >= 0.3 is 6.09 Å². The summed E-state index contributed by atoms with van der Waals surface area (Å²) in [4.78, 5) is 11.7. The molecule has 0 bridgehead atoms. The molecule has 98 valence electrons. The largest absolute Gasteiger partial charge is 0.445 e. The van der Waals surface area contributed by atoms with Crippen LogP contribution in [0.3, 0.4) is 0 Å². The molecule has 0 spiro atoms. The van der Waals surface area contributed by atoms with Gasteiger partial charge < -0.3 is 15.4 Å². The Hall–Kier alpha value is -0.820. The van der Waals surface area contributed by atoms with Crippen LogP contribution in [0.15, 0.2) is 30.3 Å². The van der Waals surface area contributed by atoms with Gasteiger partial charge in [0.1, 0.15) is 6.61 Å². The van der Waals surface area contributed by atoms with Crippen LogP contribution >= 0.6 is 22.6 Å². The monoisotopic (exact) mass is 360 g/mol. The van der Waals surface area contributed by atoms with Crippen LogP contribution in [0.4, 0.5) is 4.79 Å². The molecule has 1 saturated heterocycles. The van der Waals surface area contributed by atoms with E-state index in [0.717, 1.165) is 25.1 Å². The number of alkyl halides is 1.